The first-order valence-corrected chi connectivity index (χ1v) is 0. The third kappa shape index (κ3) is 34.3. The normalized spacial score (nSPS) is 0. The topological polar surface area (TPSA) is 0 Å². The van der Waals surface area contributed by atoms with Gasteiger partial charge in [-0.3, -0.25) is 0 Å². The van der Waals surface area contributed by atoms with E-state index in [0.29, 0.717) is 0 Å². The molecule has 0 bridgehead atoms. The molecule has 0 amide bonds. The minimum absolute atomic E-state index is 0. The fraction of sp³-hybridized carbons (Fsp3) is 1.00. The van der Waals surface area contributed by atoms with Crippen LogP contribution in [0.3, 0.4) is 0 Å². The fourth-order valence-electron chi connectivity index (χ4n) is 0. The van der Waals surface area contributed by atoms with Crippen molar-refractivity contribution in [3.05, 3.63) is 0 Å². The average Bonchev–Trinajstić information content (AvgIpc) is 0. The Bertz CT molecular complexity index is 11.6. The molecule has 0 aromatic carbocycles. The van der Waals surface area contributed by atoms with E-state index in [9.17, 15) is 0 Å². The van der Waals surface area contributed by atoms with Gasteiger partial charge in [-0.05, 0) is 0 Å². The van der Waals surface area contributed by atoms with Crippen molar-refractivity contribution in [3.63, 3.8) is 0 Å². The molecule has 0 aromatic rings. The summed E-state index contributed by atoms with van der Waals surface area (Å²) in [4.78, 5) is 0. The van der Waals surface area contributed by atoms with Gasteiger partial charge in [0.15, 0.2) is 0 Å². The number of hydrogen-bond acceptors (Lipinski definition) is 0. The molecule has 0 rings (SSSR count). The van der Waals surface area contributed by atoms with Crippen LogP contribution >= 0.6 is 0 Å². The van der Waals surface area contributed by atoms with Gasteiger partial charge in [0.1, 0.15) is 0 Å². The molecule has 4 heteroatoms. The molecular weight excluding hydrogens is 165 g/mol. The maximum atomic E-state index is 0. The van der Waals surface area contributed by atoms with E-state index >= 15 is 0 Å². The zero-order valence-corrected chi connectivity index (χ0v) is 4.84. The van der Waals surface area contributed by atoms with Gasteiger partial charge >= 0.3 is 0 Å². The number of rotatable bonds is 0. The van der Waals surface area contributed by atoms with E-state index < -0.39 is 0 Å². The Kier molecular flexibility index (Phi) is 1230. The maximum Gasteiger partial charge on any atom is 0 e. The van der Waals surface area contributed by atoms with Gasteiger partial charge in [0.25, 0.3) is 0 Å². The first-order chi connectivity index (χ1) is 0. The minimum atomic E-state index is 0. The molecule has 0 aliphatic carbocycles. The van der Waals surface area contributed by atoms with E-state index in [-0.39, 0.29) is 60.4 Å². The molecule has 0 saturated carbocycles. The van der Waals surface area contributed by atoms with Gasteiger partial charge in [-0.1, -0.05) is 7.43 Å². The van der Waals surface area contributed by atoms with Crippen LogP contribution in [-0.4, -0.2) is 19.4 Å². The molecule has 0 nitrogen and oxygen atoms in total. The first kappa shape index (κ1) is 105. The van der Waals surface area contributed by atoms with Crippen molar-refractivity contribution >= 4 is 19.4 Å². The molecule has 5 heavy (non-hydrogen) atoms. The molecule has 0 fully saturated rings. The van der Waals surface area contributed by atoms with E-state index in [0.717, 1.165) is 0 Å². The Morgan fingerprint density at radius 3 is 1.00 bits per heavy atom. The monoisotopic (exact) mass is 169 g/mol. The van der Waals surface area contributed by atoms with Crippen LogP contribution in [-0.2, 0) is 33.6 Å². The summed E-state index contributed by atoms with van der Waals surface area (Å²) < 4.78 is 0. The molecule has 0 aromatic heterocycles. The predicted molar refractivity (Wildman–Crippen MR) is 18.2 cm³/mol. The standard InChI is InChI=1S/CH4.B.Fe.Ni.Si/h1H4;;;;. The van der Waals surface area contributed by atoms with Crippen molar-refractivity contribution in [2.45, 2.75) is 7.43 Å². The fourth-order valence-corrected chi connectivity index (χ4v) is 0. The third-order valence-electron chi connectivity index (χ3n) is 0. The summed E-state index contributed by atoms with van der Waals surface area (Å²) in [6.07, 6.45) is 0. The Balaban J connectivity index is 0. The maximum absolute atomic E-state index is 0. The second-order valence-electron chi connectivity index (χ2n) is 0. The van der Waals surface area contributed by atoms with Crippen LogP contribution in [0.2, 0.25) is 0 Å². The second-order valence-corrected chi connectivity index (χ2v) is 0. The molecule has 0 heterocycles. The van der Waals surface area contributed by atoms with Gasteiger partial charge < -0.3 is 0 Å². The SMILES string of the molecule is C.[B].[Fe].[Ni].[Si]. The predicted octanol–water partition coefficient (Wildman–Crippen LogP) is -0.131. The van der Waals surface area contributed by atoms with Crippen molar-refractivity contribution in [2.75, 3.05) is 0 Å². The number of hydrogen-bond donors (Lipinski definition) is 0. The van der Waals surface area contributed by atoms with Crippen LogP contribution in [0.1, 0.15) is 7.43 Å². The van der Waals surface area contributed by atoms with Gasteiger partial charge in [0.2, 0.25) is 0 Å². The van der Waals surface area contributed by atoms with Crippen molar-refractivity contribution < 1.29 is 33.6 Å². The van der Waals surface area contributed by atoms with Gasteiger partial charge in [-0.15, -0.1) is 0 Å². The molecular formula is CH4BFeNiSi. The molecule has 0 N–H and O–H groups in total. The average molecular weight is 169 g/mol. The van der Waals surface area contributed by atoms with E-state index in [1.807, 2.05) is 0 Å². The van der Waals surface area contributed by atoms with Crippen LogP contribution in [0.5, 0.6) is 0 Å². The van der Waals surface area contributed by atoms with E-state index in [4.69, 9.17) is 0 Å². The van der Waals surface area contributed by atoms with Crippen molar-refractivity contribution in [3.8, 4) is 0 Å². The largest absolute Gasteiger partial charge is 0.0776 e. The van der Waals surface area contributed by atoms with Crippen molar-refractivity contribution in [2.24, 2.45) is 0 Å². The van der Waals surface area contributed by atoms with E-state index in [2.05, 4.69) is 0 Å². The minimum Gasteiger partial charge on any atom is -0.0776 e. The zero-order chi connectivity index (χ0) is 0. The van der Waals surface area contributed by atoms with Crippen LogP contribution in [0.4, 0.5) is 0 Å². The molecule has 0 aliphatic heterocycles. The van der Waals surface area contributed by atoms with Crippen LogP contribution in [0.15, 0.2) is 0 Å². The van der Waals surface area contributed by atoms with E-state index in [1.54, 1.807) is 0 Å². The molecule has 0 atom stereocenters. The molecule has 0 unspecified atom stereocenters. The first-order valence-electron chi connectivity index (χ1n) is 0. The Morgan fingerprint density at radius 2 is 1.00 bits per heavy atom. The Labute approximate surface area is 60.5 Å². The van der Waals surface area contributed by atoms with Crippen molar-refractivity contribution in [1.29, 1.82) is 0 Å². The second kappa shape index (κ2) is 58.3. The summed E-state index contributed by atoms with van der Waals surface area (Å²) in [5.74, 6) is 0. The van der Waals surface area contributed by atoms with Gasteiger partial charge in [0.05, 0.1) is 0 Å². The molecule has 0 spiro atoms. The summed E-state index contributed by atoms with van der Waals surface area (Å²) in [5, 5.41) is 0. The van der Waals surface area contributed by atoms with Gasteiger partial charge in [0, 0.05) is 52.9 Å². The molecule has 0 saturated heterocycles. The summed E-state index contributed by atoms with van der Waals surface area (Å²) in [5.41, 5.74) is 0. The molecule has 0 aliphatic rings. The smallest absolute Gasteiger partial charge is 0 e. The summed E-state index contributed by atoms with van der Waals surface area (Å²) in [6, 6.07) is 0. The molecule has 7 radical (unpaired) electrons. The summed E-state index contributed by atoms with van der Waals surface area (Å²) in [7, 11) is 0. The van der Waals surface area contributed by atoms with Crippen LogP contribution in [0.25, 0.3) is 0 Å². The van der Waals surface area contributed by atoms with Gasteiger partial charge in [-0.2, -0.15) is 0 Å². The van der Waals surface area contributed by atoms with E-state index in [1.165, 1.54) is 0 Å². The Hall–Kier alpha value is 1.29. The summed E-state index contributed by atoms with van der Waals surface area (Å²) in [6.45, 7) is 0. The zero-order valence-electron chi connectivity index (χ0n) is 1.75. The van der Waals surface area contributed by atoms with Crippen LogP contribution in [0, 0.1) is 0 Å². The Morgan fingerprint density at radius 1 is 1.00 bits per heavy atom. The summed E-state index contributed by atoms with van der Waals surface area (Å²) >= 11 is 0. The van der Waals surface area contributed by atoms with Gasteiger partial charge in [-0.25, -0.2) is 0 Å². The molecule has 33 valence electrons. The third-order valence-corrected chi connectivity index (χ3v) is 0. The van der Waals surface area contributed by atoms with Crippen molar-refractivity contribution in [1.82, 2.24) is 0 Å². The van der Waals surface area contributed by atoms with Crippen LogP contribution < -0.4 is 0 Å². The quantitative estimate of drug-likeness (QED) is 0.443.